The van der Waals surface area contributed by atoms with Crippen LogP contribution in [0.2, 0.25) is 0 Å². The number of likely N-dealkylation sites (tertiary alicyclic amines) is 1. The summed E-state index contributed by atoms with van der Waals surface area (Å²) in [7, 11) is 0. The van der Waals surface area contributed by atoms with E-state index in [2.05, 4.69) is 4.98 Å². The summed E-state index contributed by atoms with van der Waals surface area (Å²) in [6, 6.07) is 0. The highest BCUT2D eigenvalue weighted by Crippen LogP contribution is 2.19. The number of aliphatic carboxylic acids is 1. The summed E-state index contributed by atoms with van der Waals surface area (Å²) in [5.74, 6) is -1.41. The average molecular weight is 254 g/mol. The summed E-state index contributed by atoms with van der Waals surface area (Å²) >= 11 is 1.43. The zero-order valence-electron chi connectivity index (χ0n) is 9.55. The SMILES string of the molecule is Cc1nc(C(=O)N2CCC[C@H](C(=O)O)C2)cs1. The number of thiazole rings is 1. The van der Waals surface area contributed by atoms with Crippen molar-refractivity contribution in [2.45, 2.75) is 19.8 Å². The Morgan fingerprint density at radius 3 is 2.94 bits per heavy atom. The van der Waals surface area contributed by atoms with Gasteiger partial charge in [0.25, 0.3) is 5.91 Å². The number of carbonyl (C=O) groups is 2. The molecule has 17 heavy (non-hydrogen) atoms. The summed E-state index contributed by atoms with van der Waals surface area (Å²) in [4.78, 5) is 28.7. The Bertz CT molecular complexity index is 444. The molecular weight excluding hydrogens is 240 g/mol. The number of nitrogens with zero attached hydrogens (tertiary/aromatic N) is 2. The van der Waals surface area contributed by atoms with Crippen molar-refractivity contribution in [3.63, 3.8) is 0 Å². The number of hydrogen-bond donors (Lipinski definition) is 1. The van der Waals surface area contributed by atoms with E-state index in [4.69, 9.17) is 5.11 Å². The minimum atomic E-state index is -0.822. The Kier molecular flexibility index (Phi) is 3.42. The van der Waals surface area contributed by atoms with Crippen LogP contribution in [0.5, 0.6) is 0 Å². The quantitative estimate of drug-likeness (QED) is 0.865. The van der Waals surface area contributed by atoms with Crippen molar-refractivity contribution in [2.24, 2.45) is 5.92 Å². The molecule has 2 heterocycles. The number of rotatable bonds is 2. The lowest BCUT2D eigenvalue weighted by Crippen LogP contribution is -2.42. The van der Waals surface area contributed by atoms with Crippen molar-refractivity contribution in [2.75, 3.05) is 13.1 Å². The molecule has 1 fully saturated rings. The first-order chi connectivity index (χ1) is 8.08. The number of amides is 1. The van der Waals surface area contributed by atoms with Gasteiger partial charge in [-0.25, -0.2) is 4.98 Å². The molecule has 0 saturated carbocycles. The van der Waals surface area contributed by atoms with Crippen LogP contribution in [0.4, 0.5) is 0 Å². The maximum Gasteiger partial charge on any atom is 0.308 e. The van der Waals surface area contributed by atoms with Gasteiger partial charge in [0.2, 0.25) is 0 Å². The number of piperidine rings is 1. The summed E-state index contributed by atoms with van der Waals surface area (Å²) in [5, 5.41) is 11.5. The molecule has 0 spiro atoms. The van der Waals surface area contributed by atoms with Gasteiger partial charge in [-0.05, 0) is 19.8 Å². The third kappa shape index (κ3) is 2.63. The van der Waals surface area contributed by atoms with Crippen LogP contribution in [0.15, 0.2) is 5.38 Å². The summed E-state index contributed by atoms with van der Waals surface area (Å²) < 4.78 is 0. The topological polar surface area (TPSA) is 70.5 Å². The van der Waals surface area contributed by atoms with Crippen molar-refractivity contribution in [1.82, 2.24) is 9.88 Å². The van der Waals surface area contributed by atoms with Gasteiger partial charge in [-0.2, -0.15) is 0 Å². The van der Waals surface area contributed by atoms with Crippen LogP contribution in [0.1, 0.15) is 28.3 Å². The molecule has 92 valence electrons. The second-order valence-corrected chi connectivity index (χ2v) is 5.24. The van der Waals surface area contributed by atoms with Crippen LogP contribution in [-0.4, -0.2) is 40.0 Å². The van der Waals surface area contributed by atoms with Crippen LogP contribution in [0.25, 0.3) is 0 Å². The second-order valence-electron chi connectivity index (χ2n) is 4.18. The fourth-order valence-corrected chi connectivity index (χ4v) is 2.57. The first-order valence-electron chi connectivity index (χ1n) is 5.52. The lowest BCUT2D eigenvalue weighted by Gasteiger charge is -2.30. The van der Waals surface area contributed by atoms with E-state index >= 15 is 0 Å². The van der Waals surface area contributed by atoms with Gasteiger partial charge in [0, 0.05) is 18.5 Å². The molecule has 1 aromatic heterocycles. The van der Waals surface area contributed by atoms with E-state index in [-0.39, 0.29) is 5.91 Å². The standard InChI is InChI=1S/C11H14N2O3S/c1-7-12-9(6-17-7)10(14)13-4-2-3-8(5-13)11(15)16/h6,8H,2-5H2,1H3,(H,15,16)/t8-/m0/s1. The highest BCUT2D eigenvalue weighted by Gasteiger charge is 2.29. The largest absolute Gasteiger partial charge is 0.481 e. The monoisotopic (exact) mass is 254 g/mol. The van der Waals surface area contributed by atoms with Gasteiger partial charge in [0.05, 0.1) is 10.9 Å². The first-order valence-corrected chi connectivity index (χ1v) is 6.40. The van der Waals surface area contributed by atoms with Crippen molar-refractivity contribution in [3.8, 4) is 0 Å². The normalized spacial score (nSPS) is 20.3. The molecule has 1 saturated heterocycles. The average Bonchev–Trinajstić information content (AvgIpc) is 2.75. The minimum Gasteiger partial charge on any atom is -0.481 e. The number of carbonyl (C=O) groups excluding carboxylic acids is 1. The van der Waals surface area contributed by atoms with Crippen molar-refractivity contribution in [3.05, 3.63) is 16.1 Å². The third-order valence-electron chi connectivity index (χ3n) is 2.90. The predicted molar refractivity (Wildman–Crippen MR) is 63.1 cm³/mol. The lowest BCUT2D eigenvalue weighted by atomic mass is 9.98. The Morgan fingerprint density at radius 2 is 2.35 bits per heavy atom. The molecule has 2 rings (SSSR count). The predicted octanol–water partition coefficient (Wildman–Crippen LogP) is 1.39. The number of aromatic nitrogens is 1. The van der Waals surface area contributed by atoms with Crippen LogP contribution in [0.3, 0.4) is 0 Å². The highest BCUT2D eigenvalue weighted by atomic mass is 32.1. The Hall–Kier alpha value is -1.43. The van der Waals surface area contributed by atoms with Crippen LogP contribution in [-0.2, 0) is 4.79 Å². The van der Waals surface area contributed by atoms with E-state index in [1.54, 1.807) is 10.3 Å². The highest BCUT2D eigenvalue weighted by molar-refractivity contribution is 7.09. The van der Waals surface area contributed by atoms with Crippen LogP contribution in [0, 0.1) is 12.8 Å². The molecule has 1 aliphatic heterocycles. The molecule has 0 aromatic carbocycles. The van der Waals surface area contributed by atoms with Crippen molar-refractivity contribution < 1.29 is 14.7 Å². The molecule has 0 aliphatic carbocycles. The van der Waals surface area contributed by atoms with Crippen molar-refractivity contribution in [1.29, 1.82) is 0 Å². The Labute approximate surface area is 103 Å². The van der Waals surface area contributed by atoms with Gasteiger partial charge in [0.1, 0.15) is 5.69 Å². The number of carboxylic acids is 1. The fraction of sp³-hybridized carbons (Fsp3) is 0.545. The fourth-order valence-electron chi connectivity index (χ4n) is 1.99. The number of aryl methyl sites for hydroxylation is 1. The van der Waals surface area contributed by atoms with E-state index in [1.807, 2.05) is 6.92 Å². The van der Waals surface area contributed by atoms with E-state index in [0.29, 0.717) is 25.2 Å². The first kappa shape index (κ1) is 12.0. The lowest BCUT2D eigenvalue weighted by molar-refractivity contribution is -0.143. The second kappa shape index (κ2) is 4.83. The molecule has 1 amide bonds. The molecule has 1 atom stereocenters. The maximum absolute atomic E-state index is 12.1. The third-order valence-corrected chi connectivity index (χ3v) is 3.67. The van der Waals surface area contributed by atoms with E-state index in [1.165, 1.54) is 11.3 Å². The van der Waals surface area contributed by atoms with Crippen LogP contribution >= 0.6 is 11.3 Å². The Balaban J connectivity index is 2.07. The number of carboxylic acid groups (broad SMARTS) is 1. The van der Waals surface area contributed by atoms with Crippen LogP contribution < -0.4 is 0 Å². The maximum atomic E-state index is 12.1. The van der Waals surface area contributed by atoms with Gasteiger partial charge in [-0.15, -0.1) is 11.3 Å². The zero-order chi connectivity index (χ0) is 12.4. The molecular formula is C11H14N2O3S. The molecule has 1 aliphatic rings. The zero-order valence-corrected chi connectivity index (χ0v) is 10.4. The van der Waals surface area contributed by atoms with Gasteiger partial charge in [0.15, 0.2) is 0 Å². The van der Waals surface area contributed by atoms with E-state index < -0.39 is 11.9 Å². The molecule has 0 unspecified atom stereocenters. The molecule has 5 nitrogen and oxygen atoms in total. The minimum absolute atomic E-state index is 0.152. The van der Waals surface area contributed by atoms with E-state index in [9.17, 15) is 9.59 Å². The Morgan fingerprint density at radius 1 is 1.59 bits per heavy atom. The van der Waals surface area contributed by atoms with Gasteiger partial charge in [-0.1, -0.05) is 0 Å². The smallest absolute Gasteiger partial charge is 0.308 e. The summed E-state index contributed by atoms with van der Waals surface area (Å²) in [6.45, 7) is 2.77. The van der Waals surface area contributed by atoms with Crippen molar-refractivity contribution >= 4 is 23.2 Å². The summed E-state index contributed by atoms with van der Waals surface area (Å²) in [6.07, 6.45) is 1.39. The molecule has 0 radical (unpaired) electrons. The molecule has 6 heteroatoms. The van der Waals surface area contributed by atoms with Gasteiger partial charge in [-0.3, -0.25) is 9.59 Å². The molecule has 1 N–H and O–H groups in total. The number of hydrogen-bond acceptors (Lipinski definition) is 4. The van der Waals surface area contributed by atoms with E-state index in [0.717, 1.165) is 11.4 Å². The molecule has 1 aromatic rings. The summed E-state index contributed by atoms with van der Waals surface area (Å²) in [5.41, 5.74) is 0.429. The van der Waals surface area contributed by atoms with Gasteiger partial charge >= 0.3 is 5.97 Å². The van der Waals surface area contributed by atoms with Gasteiger partial charge < -0.3 is 10.0 Å². The molecule has 0 bridgehead atoms.